The van der Waals surface area contributed by atoms with Crippen LogP contribution in [0.15, 0.2) is 50.3 Å². The smallest absolute Gasteiger partial charge is 0.256 e. The van der Waals surface area contributed by atoms with Crippen molar-refractivity contribution in [1.29, 1.82) is 0 Å². The summed E-state index contributed by atoms with van der Waals surface area (Å²) in [7, 11) is 0. The van der Waals surface area contributed by atoms with E-state index in [1.165, 1.54) is 6.07 Å². The first-order chi connectivity index (χ1) is 10.0. The summed E-state index contributed by atoms with van der Waals surface area (Å²) in [5.41, 5.74) is 1.05. The van der Waals surface area contributed by atoms with Crippen LogP contribution in [-0.2, 0) is 6.54 Å². The zero-order valence-corrected chi connectivity index (χ0v) is 14.6. The predicted molar refractivity (Wildman–Crippen MR) is 90.8 cm³/mol. The molecule has 0 aliphatic heterocycles. The first-order valence-corrected chi connectivity index (χ1v) is 8.06. The van der Waals surface area contributed by atoms with E-state index in [9.17, 15) is 9.59 Å². The van der Waals surface area contributed by atoms with E-state index in [0.29, 0.717) is 22.3 Å². The Morgan fingerprint density at radius 3 is 2.71 bits per heavy atom. The number of carbonyl (C=O) groups is 1. The highest BCUT2D eigenvalue weighted by Gasteiger charge is 2.11. The van der Waals surface area contributed by atoms with Gasteiger partial charge in [0.1, 0.15) is 0 Å². The molecule has 0 unspecified atom stereocenters. The van der Waals surface area contributed by atoms with Crippen molar-refractivity contribution in [1.82, 2.24) is 4.57 Å². The number of pyridine rings is 1. The summed E-state index contributed by atoms with van der Waals surface area (Å²) in [6.45, 7) is 2.62. The Morgan fingerprint density at radius 1 is 1.24 bits per heavy atom. The highest BCUT2D eigenvalue weighted by atomic mass is 79.9. The van der Waals surface area contributed by atoms with Gasteiger partial charge in [0.25, 0.3) is 11.5 Å². The molecular weight excluding hydrogens is 400 g/mol. The molecule has 0 aliphatic carbocycles. The van der Waals surface area contributed by atoms with Crippen LogP contribution in [0.1, 0.15) is 23.7 Å². The standard InChI is InChI=1S/C15H14Br2N2O2/c1-2-7-19-9-11(4-6-14(19)20)18-15(21)12-8-10(16)3-5-13(12)17/h3-6,8-9H,2,7H2,1H3,(H,18,21). The molecule has 1 aromatic heterocycles. The van der Waals surface area contributed by atoms with Gasteiger partial charge in [0.15, 0.2) is 0 Å². The number of amides is 1. The van der Waals surface area contributed by atoms with Crippen molar-refractivity contribution in [3.05, 3.63) is 61.4 Å². The molecule has 2 aromatic rings. The number of hydrogen-bond donors (Lipinski definition) is 1. The molecule has 1 amide bonds. The third-order valence-corrected chi connectivity index (χ3v) is 4.06. The highest BCUT2D eigenvalue weighted by molar-refractivity contribution is 9.11. The number of aromatic nitrogens is 1. The van der Waals surface area contributed by atoms with Crippen LogP contribution in [0.2, 0.25) is 0 Å². The summed E-state index contributed by atoms with van der Waals surface area (Å²) in [5.74, 6) is -0.232. The van der Waals surface area contributed by atoms with E-state index in [2.05, 4.69) is 37.2 Å². The normalized spacial score (nSPS) is 10.4. The Balaban J connectivity index is 2.25. The van der Waals surface area contributed by atoms with E-state index in [4.69, 9.17) is 0 Å². The van der Waals surface area contributed by atoms with Crippen molar-refractivity contribution >= 4 is 43.5 Å². The predicted octanol–water partition coefficient (Wildman–Crippen LogP) is 4.04. The second kappa shape index (κ2) is 7.04. The molecule has 21 heavy (non-hydrogen) atoms. The second-order valence-corrected chi connectivity index (χ2v) is 6.30. The Hall–Kier alpha value is -1.40. The number of nitrogens with zero attached hydrogens (tertiary/aromatic N) is 1. The van der Waals surface area contributed by atoms with Gasteiger partial charge in [0, 0.05) is 27.8 Å². The quantitative estimate of drug-likeness (QED) is 0.822. The van der Waals surface area contributed by atoms with Crippen molar-refractivity contribution in [2.75, 3.05) is 5.32 Å². The maximum absolute atomic E-state index is 12.3. The Labute approximate surface area is 139 Å². The lowest BCUT2D eigenvalue weighted by Gasteiger charge is -2.10. The Morgan fingerprint density at radius 2 is 2.00 bits per heavy atom. The van der Waals surface area contributed by atoms with Gasteiger partial charge < -0.3 is 9.88 Å². The van der Waals surface area contributed by atoms with Gasteiger partial charge >= 0.3 is 0 Å². The first-order valence-electron chi connectivity index (χ1n) is 6.48. The average molecular weight is 414 g/mol. The van der Waals surface area contributed by atoms with Crippen LogP contribution < -0.4 is 10.9 Å². The highest BCUT2D eigenvalue weighted by Crippen LogP contribution is 2.22. The molecule has 1 N–H and O–H groups in total. The third-order valence-electron chi connectivity index (χ3n) is 2.88. The van der Waals surface area contributed by atoms with E-state index < -0.39 is 0 Å². The fourth-order valence-corrected chi connectivity index (χ4v) is 2.68. The number of nitrogens with one attached hydrogen (secondary N) is 1. The zero-order valence-electron chi connectivity index (χ0n) is 11.4. The van der Waals surface area contributed by atoms with E-state index in [1.807, 2.05) is 13.0 Å². The molecule has 0 spiro atoms. The van der Waals surface area contributed by atoms with Crippen molar-refractivity contribution in [2.24, 2.45) is 0 Å². The monoisotopic (exact) mass is 412 g/mol. The van der Waals surface area contributed by atoms with Crippen LogP contribution in [0.25, 0.3) is 0 Å². The number of rotatable bonds is 4. The van der Waals surface area contributed by atoms with Crippen molar-refractivity contribution in [3.63, 3.8) is 0 Å². The second-order valence-electron chi connectivity index (χ2n) is 4.53. The number of benzene rings is 1. The van der Waals surface area contributed by atoms with Gasteiger partial charge in [-0.3, -0.25) is 9.59 Å². The van der Waals surface area contributed by atoms with Gasteiger partial charge in [-0.15, -0.1) is 0 Å². The Kier molecular flexibility index (Phi) is 5.36. The lowest BCUT2D eigenvalue weighted by molar-refractivity contribution is 0.102. The van der Waals surface area contributed by atoms with Crippen LogP contribution in [0.5, 0.6) is 0 Å². The summed E-state index contributed by atoms with van der Waals surface area (Å²) in [5, 5.41) is 2.80. The van der Waals surface area contributed by atoms with Crippen LogP contribution in [0.4, 0.5) is 5.69 Å². The summed E-state index contributed by atoms with van der Waals surface area (Å²) < 4.78 is 3.13. The van der Waals surface area contributed by atoms with E-state index in [-0.39, 0.29) is 11.5 Å². The third kappa shape index (κ3) is 4.04. The van der Waals surface area contributed by atoms with Crippen molar-refractivity contribution < 1.29 is 4.79 Å². The fourth-order valence-electron chi connectivity index (χ4n) is 1.89. The van der Waals surface area contributed by atoms with Gasteiger partial charge in [-0.1, -0.05) is 22.9 Å². The summed E-state index contributed by atoms with van der Waals surface area (Å²) in [6.07, 6.45) is 2.52. The summed E-state index contributed by atoms with van der Waals surface area (Å²) >= 11 is 6.70. The molecule has 2 rings (SSSR count). The first kappa shape index (κ1) is 16.0. The van der Waals surface area contributed by atoms with E-state index in [1.54, 1.807) is 29.0 Å². The van der Waals surface area contributed by atoms with Crippen LogP contribution in [0, 0.1) is 0 Å². The van der Waals surface area contributed by atoms with E-state index in [0.717, 1.165) is 10.9 Å². The number of aryl methyl sites for hydroxylation is 1. The lowest BCUT2D eigenvalue weighted by atomic mass is 10.2. The fraction of sp³-hybridized carbons (Fsp3) is 0.200. The number of halogens is 2. The number of anilines is 1. The molecule has 110 valence electrons. The maximum Gasteiger partial charge on any atom is 0.256 e. The van der Waals surface area contributed by atoms with E-state index >= 15 is 0 Å². The number of hydrogen-bond acceptors (Lipinski definition) is 2. The summed E-state index contributed by atoms with van der Waals surface area (Å²) in [4.78, 5) is 23.9. The molecule has 1 heterocycles. The molecule has 0 saturated carbocycles. The SMILES string of the molecule is CCCn1cc(NC(=O)c2cc(Br)ccc2Br)ccc1=O. The van der Waals surface area contributed by atoms with Gasteiger partial charge in [0.2, 0.25) is 0 Å². The maximum atomic E-state index is 12.3. The average Bonchev–Trinajstić information content (AvgIpc) is 2.45. The number of carbonyl (C=O) groups excluding carboxylic acids is 1. The molecule has 0 fully saturated rings. The topological polar surface area (TPSA) is 51.1 Å². The minimum atomic E-state index is -0.232. The molecular formula is C15H14Br2N2O2. The minimum absolute atomic E-state index is 0.0708. The van der Waals surface area contributed by atoms with Crippen LogP contribution >= 0.6 is 31.9 Å². The lowest BCUT2D eigenvalue weighted by Crippen LogP contribution is -2.20. The minimum Gasteiger partial charge on any atom is -0.321 e. The Bertz CT molecular complexity index is 726. The van der Waals surface area contributed by atoms with Crippen molar-refractivity contribution in [3.8, 4) is 0 Å². The van der Waals surface area contributed by atoms with Gasteiger partial charge in [-0.2, -0.15) is 0 Å². The molecule has 0 saturated heterocycles. The van der Waals surface area contributed by atoms with Gasteiger partial charge in [0.05, 0.1) is 11.3 Å². The largest absolute Gasteiger partial charge is 0.321 e. The molecule has 0 aliphatic rings. The molecule has 0 bridgehead atoms. The van der Waals surface area contributed by atoms with Gasteiger partial charge in [-0.25, -0.2) is 0 Å². The molecule has 0 radical (unpaired) electrons. The summed E-state index contributed by atoms with van der Waals surface area (Å²) in [6, 6.07) is 8.46. The zero-order chi connectivity index (χ0) is 15.4. The molecule has 0 atom stereocenters. The molecule has 1 aromatic carbocycles. The molecule has 4 nitrogen and oxygen atoms in total. The van der Waals surface area contributed by atoms with Crippen molar-refractivity contribution in [2.45, 2.75) is 19.9 Å². The van der Waals surface area contributed by atoms with Crippen LogP contribution in [-0.4, -0.2) is 10.5 Å². The molecule has 6 heteroatoms. The van der Waals surface area contributed by atoms with Crippen LogP contribution in [0.3, 0.4) is 0 Å². The van der Waals surface area contributed by atoms with Gasteiger partial charge in [-0.05, 0) is 46.6 Å².